The Bertz CT molecular complexity index is 1070. The molecule has 29 heavy (non-hydrogen) atoms. The molecule has 0 bridgehead atoms. The van der Waals surface area contributed by atoms with Crippen LogP contribution in [0.1, 0.15) is 26.9 Å². The van der Waals surface area contributed by atoms with Gasteiger partial charge in [-0.2, -0.15) is 0 Å². The summed E-state index contributed by atoms with van der Waals surface area (Å²) in [6.07, 6.45) is 0. The number of carbonyl (C=O) groups is 2. The largest absolute Gasteiger partial charge is 0.322 e. The lowest BCUT2D eigenvalue weighted by Crippen LogP contribution is -2.27. The lowest BCUT2D eigenvalue weighted by molar-refractivity contribution is -0.115. The first-order chi connectivity index (χ1) is 14.0. The molecule has 0 radical (unpaired) electrons. The second-order valence-electron chi connectivity index (χ2n) is 6.82. The first-order valence-corrected chi connectivity index (χ1v) is 10.2. The smallest absolute Gasteiger partial charge is 0.258 e. The normalized spacial score (nSPS) is 16.1. The van der Waals surface area contributed by atoms with Gasteiger partial charge in [-0.15, -0.1) is 11.8 Å². The lowest BCUT2D eigenvalue weighted by atomic mass is 10.1. The topological polar surface area (TPSA) is 49.4 Å². The minimum atomic E-state index is -0.559. The van der Waals surface area contributed by atoms with Crippen LogP contribution in [0.25, 0.3) is 0 Å². The maximum atomic E-state index is 13.8. The second-order valence-corrected chi connectivity index (χ2v) is 7.89. The highest BCUT2D eigenvalue weighted by Crippen LogP contribution is 2.42. The lowest BCUT2D eigenvalue weighted by Gasteiger charge is -2.25. The van der Waals surface area contributed by atoms with Crippen LogP contribution in [0.5, 0.6) is 0 Å². The molecule has 6 heteroatoms. The van der Waals surface area contributed by atoms with Crippen molar-refractivity contribution in [2.75, 3.05) is 16.0 Å². The van der Waals surface area contributed by atoms with E-state index in [1.807, 2.05) is 48.2 Å². The molecule has 3 aromatic rings. The van der Waals surface area contributed by atoms with Gasteiger partial charge in [0.25, 0.3) is 5.91 Å². The summed E-state index contributed by atoms with van der Waals surface area (Å²) in [6, 6.07) is 21.1. The molecule has 1 fully saturated rings. The van der Waals surface area contributed by atoms with E-state index in [2.05, 4.69) is 5.32 Å². The van der Waals surface area contributed by atoms with E-state index >= 15 is 0 Å². The van der Waals surface area contributed by atoms with Crippen LogP contribution in [0.2, 0.25) is 0 Å². The number of aryl methyl sites for hydroxylation is 1. The zero-order valence-corrected chi connectivity index (χ0v) is 16.6. The molecule has 1 unspecified atom stereocenters. The summed E-state index contributed by atoms with van der Waals surface area (Å²) in [5.41, 5.74) is 3.50. The van der Waals surface area contributed by atoms with E-state index in [-0.39, 0.29) is 16.8 Å². The van der Waals surface area contributed by atoms with Gasteiger partial charge in [-0.05, 0) is 54.4 Å². The van der Waals surface area contributed by atoms with Gasteiger partial charge in [0.15, 0.2) is 0 Å². The Kier molecular flexibility index (Phi) is 5.36. The summed E-state index contributed by atoms with van der Waals surface area (Å²) in [7, 11) is 0. The van der Waals surface area contributed by atoms with Gasteiger partial charge in [0.1, 0.15) is 11.2 Å². The number of anilines is 2. The number of amides is 2. The Morgan fingerprint density at radius 2 is 1.83 bits per heavy atom. The Morgan fingerprint density at radius 3 is 2.55 bits per heavy atom. The van der Waals surface area contributed by atoms with Gasteiger partial charge in [0.05, 0.1) is 11.3 Å². The zero-order valence-electron chi connectivity index (χ0n) is 15.8. The van der Waals surface area contributed by atoms with Crippen molar-refractivity contribution in [3.8, 4) is 0 Å². The van der Waals surface area contributed by atoms with Crippen LogP contribution in [0.4, 0.5) is 15.8 Å². The molecule has 0 saturated carbocycles. The summed E-state index contributed by atoms with van der Waals surface area (Å²) in [5, 5.41) is 2.59. The Hall–Kier alpha value is -3.12. The van der Waals surface area contributed by atoms with Crippen LogP contribution in [-0.4, -0.2) is 17.6 Å². The third-order valence-corrected chi connectivity index (χ3v) is 5.93. The van der Waals surface area contributed by atoms with Gasteiger partial charge in [0.2, 0.25) is 5.91 Å². The van der Waals surface area contributed by atoms with E-state index in [0.29, 0.717) is 11.4 Å². The molecule has 146 valence electrons. The first kappa shape index (κ1) is 19.2. The van der Waals surface area contributed by atoms with Gasteiger partial charge in [-0.3, -0.25) is 14.5 Å². The standard InChI is InChI=1S/C23H19FN2O2S/c1-15-5-4-6-18(13-15)26-21(27)14-29-23(26)16-9-11-17(12-10-16)25-22(28)19-7-2-3-8-20(19)24/h2-13,23H,14H2,1H3,(H,25,28). The fraction of sp³-hybridized carbons (Fsp3) is 0.130. The monoisotopic (exact) mass is 406 g/mol. The minimum Gasteiger partial charge on any atom is -0.322 e. The molecule has 0 aromatic heterocycles. The van der Waals surface area contributed by atoms with Crippen LogP contribution in [-0.2, 0) is 4.79 Å². The van der Waals surface area contributed by atoms with Crippen molar-refractivity contribution < 1.29 is 14.0 Å². The Balaban J connectivity index is 1.53. The fourth-order valence-electron chi connectivity index (χ4n) is 3.30. The van der Waals surface area contributed by atoms with Crippen molar-refractivity contribution in [1.82, 2.24) is 0 Å². The molecule has 0 spiro atoms. The van der Waals surface area contributed by atoms with Crippen LogP contribution in [0.15, 0.2) is 72.8 Å². The van der Waals surface area contributed by atoms with Gasteiger partial charge >= 0.3 is 0 Å². The minimum absolute atomic E-state index is 0.000792. The van der Waals surface area contributed by atoms with E-state index in [1.54, 1.807) is 36.0 Å². The van der Waals surface area contributed by atoms with Crippen LogP contribution in [0, 0.1) is 12.7 Å². The van der Waals surface area contributed by atoms with Gasteiger partial charge < -0.3 is 5.32 Å². The van der Waals surface area contributed by atoms with E-state index in [0.717, 1.165) is 16.8 Å². The van der Waals surface area contributed by atoms with Crippen LogP contribution >= 0.6 is 11.8 Å². The molecule has 1 atom stereocenters. The maximum Gasteiger partial charge on any atom is 0.258 e. The number of nitrogens with one attached hydrogen (secondary N) is 1. The van der Waals surface area contributed by atoms with Crippen molar-refractivity contribution >= 4 is 35.0 Å². The van der Waals surface area contributed by atoms with Crippen molar-refractivity contribution in [2.24, 2.45) is 0 Å². The number of thioether (sulfide) groups is 1. The van der Waals surface area contributed by atoms with Gasteiger partial charge in [-0.25, -0.2) is 4.39 Å². The number of carbonyl (C=O) groups excluding carboxylic acids is 2. The van der Waals surface area contributed by atoms with Crippen molar-refractivity contribution in [3.63, 3.8) is 0 Å². The SMILES string of the molecule is Cc1cccc(N2C(=O)CSC2c2ccc(NC(=O)c3ccccc3F)cc2)c1. The highest BCUT2D eigenvalue weighted by atomic mass is 32.2. The van der Waals surface area contributed by atoms with Crippen molar-refractivity contribution in [1.29, 1.82) is 0 Å². The highest BCUT2D eigenvalue weighted by Gasteiger charge is 2.34. The predicted octanol–water partition coefficient (Wildman–Crippen LogP) is 5.17. The molecule has 0 aliphatic carbocycles. The van der Waals surface area contributed by atoms with E-state index in [1.165, 1.54) is 12.1 Å². The maximum absolute atomic E-state index is 13.8. The average molecular weight is 406 g/mol. The predicted molar refractivity (Wildman–Crippen MR) is 115 cm³/mol. The molecule has 4 rings (SSSR count). The zero-order chi connectivity index (χ0) is 20.4. The second kappa shape index (κ2) is 8.09. The quantitative estimate of drug-likeness (QED) is 0.651. The van der Waals surface area contributed by atoms with E-state index in [4.69, 9.17) is 0 Å². The molecule has 1 N–H and O–H groups in total. The molecular weight excluding hydrogens is 387 g/mol. The third kappa shape index (κ3) is 4.03. The third-order valence-electron chi connectivity index (χ3n) is 4.72. The van der Waals surface area contributed by atoms with Gasteiger partial charge in [-0.1, -0.05) is 36.4 Å². The summed E-state index contributed by atoms with van der Waals surface area (Å²) in [6.45, 7) is 2.00. The average Bonchev–Trinajstić information content (AvgIpc) is 3.10. The summed E-state index contributed by atoms with van der Waals surface area (Å²) in [5.74, 6) is -0.564. The fourth-order valence-corrected chi connectivity index (χ4v) is 4.48. The number of halogens is 1. The Labute approximate surface area is 172 Å². The molecule has 1 saturated heterocycles. The molecule has 1 aliphatic heterocycles. The molecule has 3 aromatic carbocycles. The van der Waals surface area contributed by atoms with Crippen LogP contribution in [0.3, 0.4) is 0 Å². The summed E-state index contributed by atoms with van der Waals surface area (Å²) >= 11 is 1.57. The Morgan fingerprint density at radius 1 is 1.07 bits per heavy atom. The number of hydrogen-bond acceptors (Lipinski definition) is 3. The number of nitrogens with zero attached hydrogens (tertiary/aromatic N) is 1. The highest BCUT2D eigenvalue weighted by molar-refractivity contribution is 8.00. The molecule has 4 nitrogen and oxygen atoms in total. The van der Waals surface area contributed by atoms with Crippen molar-refractivity contribution in [3.05, 3.63) is 95.3 Å². The van der Waals surface area contributed by atoms with E-state index in [9.17, 15) is 14.0 Å². The van der Waals surface area contributed by atoms with Crippen LogP contribution < -0.4 is 10.2 Å². The van der Waals surface area contributed by atoms with E-state index < -0.39 is 11.7 Å². The molecule has 1 heterocycles. The van der Waals surface area contributed by atoms with Crippen molar-refractivity contribution in [2.45, 2.75) is 12.3 Å². The first-order valence-electron chi connectivity index (χ1n) is 9.19. The molecular formula is C23H19FN2O2S. The summed E-state index contributed by atoms with van der Waals surface area (Å²) in [4.78, 5) is 26.6. The summed E-state index contributed by atoms with van der Waals surface area (Å²) < 4.78 is 13.8. The number of benzene rings is 3. The molecule has 2 amide bonds. The number of hydrogen-bond donors (Lipinski definition) is 1. The van der Waals surface area contributed by atoms with Gasteiger partial charge in [0, 0.05) is 11.4 Å². The molecule has 1 aliphatic rings. The number of rotatable bonds is 4.